The van der Waals surface area contributed by atoms with Gasteiger partial charge < -0.3 is 0 Å². The molecule has 0 saturated carbocycles. The lowest BCUT2D eigenvalue weighted by Crippen LogP contribution is -2.31. The first-order valence-corrected chi connectivity index (χ1v) is 6.24. The normalized spacial score (nSPS) is 12.6. The number of nitrogens with zero attached hydrogens (tertiary/aromatic N) is 1. The van der Waals surface area contributed by atoms with Crippen LogP contribution in [-0.2, 0) is 6.54 Å². The third kappa shape index (κ3) is 2.88. The lowest BCUT2D eigenvalue weighted by molar-refractivity contribution is 0.476. The van der Waals surface area contributed by atoms with Crippen molar-refractivity contribution in [1.29, 1.82) is 0 Å². The van der Waals surface area contributed by atoms with Gasteiger partial charge in [0.15, 0.2) is 0 Å². The molecule has 0 aliphatic rings. The summed E-state index contributed by atoms with van der Waals surface area (Å²) in [5.41, 5.74) is 2.19. The van der Waals surface area contributed by atoms with Crippen molar-refractivity contribution in [3.63, 3.8) is 0 Å². The molecule has 0 saturated heterocycles. The molecule has 0 aliphatic carbocycles. The SMILES string of the molecule is C#CC(NCc1cnc2ccccc2c1)C(C)C. The second-order valence-electron chi connectivity index (χ2n) is 4.81. The molecule has 0 spiro atoms. The quantitative estimate of drug-likeness (QED) is 0.828. The van der Waals surface area contributed by atoms with E-state index >= 15 is 0 Å². The van der Waals surface area contributed by atoms with Gasteiger partial charge in [0.2, 0.25) is 0 Å². The Morgan fingerprint density at radius 2 is 2.11 bits per heavy atom. The van der Waals surface area contributed by atoms with Crippen molar-refractivity contribution in [3.05, 3.63) is 42.1 Å². The summed E-state index contributed by atoms with van der Waals surface area (Å²) in [5, 5.41) is 4.54. The number of fused-ring (bicyclic) bond motifs is 1. The lowest BCUT2D eigenvalue weighted by Gasteiger charge is -2.16. The highest BCUT2D eigenvalue weighted by molar-refractivity contribution is 5.78. The second-order valence-corrected chi connectivity index (χ2v) is 4.81. The maximum Gasteiger partial charge on any atom is 0.0712 e. The second kappa shape index (κ2) is 5.66. The maximum absolute atomic E-state index is 5.50. The van der Waals surface area contributed by atoms with Crippen LogP contribution in [0.15, 0.2) is 36.5 Å². The summed E-state index contributed by atoms with van der Waals surface area (Å²) >= 11 is 0. The first-order valence-electron chi connectivity index (χ1n) is 6.24. The van der Waals surface area contributed by atoms with E-state index in [1.807, 2.05) is 24.4 Å². The molecule has 2 rings (SSSR count). The van der Waals surface area contributed by atoms with Crippen molar-refractivity contribution in [1.82, 2.24) is 10.3 Å². The largest absolute Gasteiger partial charge is 0.299 e. The van der Waals surface area contributed by atoms with Crippen LogP contribution in [0.1, 0.15) is 19.4 Å². The van der Waals surface area contributed by atoms with Crippen LogP contribution in [0.2, 0.25) is 0 Å². The molecule has 2 heteroatoms. The third-order valence-electron chi connectivity index (χ3n) is 3.02. The molecule has 1 atom stereocenters. The van der Waals surface area contributed by atoms with Gasteiger partial charge in [0.25, 0.3) is 0 Å². The Bertz CT molecular complexity index is 567. The van der Waals surface area contributed by atoms with Crippen LogP contribution >= 0.6 is 0 Å². The van der Waals surface area contributed by atoms with Crippen molar-refractivity contribution in [2.75, 3.05) is 0 Å². The first-order chi connectivity index (χ1) is 8.70. The number of nitrogens with one attached hydrogen (secondary N) is 1. The number of benzene rings is 1. The average molecular weight is 238 g/mol. The third-order valence-corrected chi connectivity index (χ3v) is 3.02. The molecular formula is C16H18N2. The van der Waals surface area contributed by atoms with E-state index in [0.29, 0.717) is 5.92 Å². The van der Waals surface area contributed by atoms with Crippen molar-refractivity contribution >= 4 is 10.9 Å². The Hall–Kier alpha value is -1.85. The minimum absolute atomic E-state index is 0.108. The Kier molecular flexibility index (Phi) is 3.96. The molecule has 2 nitrogen and oxygen atoms in total. The van der Waals surface area contributed by atoms with E-state index < -0.39 is 0 Å². The van der Waals surface area contributed by atoms with E-state index in [1.165, 1.54) is 5.39 Å². The van der Waals surface area contributed by atoms with E-state index in [9.17, 15) is 0 Å². The minimum atomic E-state index is 0.108. The van der Waals surface area contributed by atoms with Crippen LogP contribution in [-0.4, -0.2) is 11.0 Å². The van der Waals surface area contributed by atoms with Gasteiger partial charge in [-0.1, -0.05) is 38.0 Å². The van der Waals surface area contributed by atoms with Gasteiger partial charge in [0.1, 0.15) is 0 Å². The fourth-order valence-electron chi connectivity index (χ4n) is 1.93. The summed E-state index contributed by atoms with van der Waals surface area (Å²) in [6, 6.07) is 10.4. The highest BCUT2D eigenvalue weighted by Gasteiger charge is 2.08. The smallest absolute Gasteiger partial charge is 0.0712 e. The summed E-state index contributed by atoms with van der Waals surface area (Å²) < 4.78 is 0. The van der Waals surface area contributed by atoms with Gasteiger partial charge >= 0.3 is 0 Å². The monoisotopic (exact) mass is 238 g/mol. The predicted molar refractivity (Wildman–Crippen MR) is 76.0 cm³/mol. The molecule has 0 amide bonds. The molecule has 92 valence electrons. The summed E-state index contributed by atoms with van der Waals surface area (Å²) in [6.07, 6.45) is 7.41. The Balaban J connectivity index is 2.11. The van der Waals surface area contributed by atoms with Crippen molar-refractivity contribution in [2.45, 2.75) is 26.4 Å². The van der Waals surface area contributed by atoms with Crippen LogP contribution in [0, 0.1) is 18.3 Å². The fraction of sp³-hybridized carbons (Fsp3) is 0.312. The van der Waals surface area contributed by atoms with Crippen LogP contribution in [0.5, 0.6) is 0 Å². The zero-order chi connectivity index (χ0) is 13.0. The fourth-order valence-corrected chi connectivity index (χ4v) is 1.93. The number of aromatic nitrogens is 1. The molecule has 2 aromatic rings. The number of hydrogen-bond acceptors (Lipinski definition) is 2. The van der Waals surface area contributed by atoms with E-state index in [-0.39, 0.29) is 6.04 Å². The number of pyridine rings is 1. The molecule has 0 bridgehead atoms. The first kappa shape index (κ1) is 12.6. The van der Waals surface area contributed by atoms with Crippen LogP contribution in [0.3, 0.4) is 0 Å². The Labute approximate surface area is 108 Å². The van der Waals surface area contributed by atoms with Gasteiger partial charge in [0, 0.05) is 18.1 Å². The van der Waals surface area contributed by atoms with Crippen LogP contribution < -0.4 is 5.32 Å². The number of para-hydroxylation sites is 1. The molecule has 1 N–H and O–H groups in total. The average Bonchev–Trinajstić information content (AvgIpc) is 2.39. The molecule has 0 radical (unpaired) electrons. The highest BCUT2D eigenvalue weighted by Crippen LogP contribution is 2.13. The topological polar surface area (TPSA) is 24.9 Å². The van der Waals surface area contributed by atoms with Gasteiger partial charge in [-0.15, -0.1) is 6.42 Å². The molecule has 0 fully saturated rings. The molecular weight excluding hydrogens is 220 g/mol. The van der Waals surface area contributed by atoms with Crippen LogP contribution in [0.25, 0.3) is 10.9 Å². The van der Waals surface area contributed by atoms with Gasteiger partial charge in [-0.2, -0.15) is 0 Å². The number of terminal acetylenes is 1. The number of rotatable bonds is 4. The van der Waals surface area contributed by atoms with Gasteiger partial charge in [-0.05, 0) is 23.6 Å². The Morgan fingerprint density at radius 1 is 1.33 bits per heavy atom. The molecule has 0 aliphatic heterocycles. The van der Waals surface area contributed by atoms with E-state index in [0.717, 1.165) is 17.6 Å². The van der Waals surface area contributed by atoms with Gasteiger partial charge in [0.05, 0.1) is 11.6 Å². The molecule has 18 heavy (non-hydrogen) atoms. The van der Waals surface area contributed by atoms with E-state index in [4.69, 9.17) is 6.42 Å². The molecule has 1 aromatic carbocycles. The van der Waals surface area contributed by atoms with E-state index in [1.54, 1.807) is 0 Å². The number of hydrogen-bond donors (Lipinski definition) is 1. The minimum Gasteiger partial charge on any atom is -0.299 e. The molecule has 1 heterocycles. The van der Waals surface area contributed by atoms with Gasteiger partial charge in [-0.3, -0.25) is 10.3 Å². The molecule has 1 unspecified atom stereocenters. The maximum atomic E-state index is 5.50. The predicted octanol–water partition coefficient (Wildman–Crippen LogP) is 2.98. The summed E-state index contributed by atoms with van der Waals surface area (Å²) in [7, 11) is 0. The zero-order valence-electron chi connectivity index (χ0n) is 10.9. The summed E-state index contributed by atoms with van der Waals surface area (Å²) in [4.78, 5) is 4.44. The lowest BCUT2D eigenvalue weighted by atomic mass is 10.1. The summed E-state index contributed by atoms with van der Waals surface area (Å²) in [5.74, 6) is 3.21. The molecule has 1 aromatic heterocycles. The van der Waals surface area contributed by atoms with Crippen LogP contribution in [0.4, 0.5) is 0 Å². The standard InChI is InChI=1S/C16H18N2/c1-4-15(12(2)3)17-10-13-9-14-7-5-6-8-16(14)18-11-13/h1,5-9,11-12,15,17H,10H2,2-3H3. The van der Waals surface area contributed by atoms with Gasteiger partial charge in [-0.25, -0.2) is 0 Å². The van der Waals surface area contributed by atoms with E-state index in [2.05, 4.69) is 42.2 Å². The zero-order valence-corrected chi connectivity index (χ0v) is 10.9. The van der Waals surface area contributed by atoms with Crippen molar-refractivity contribution in [3.8, 4) is 12.3 Å². The van der Waals surface area contributed by atoms with Crippen molar-refractivity contribution < 1.29 is 0 Å². The van der Waals surface area contributed by atoms with Crippen molar-refractivity contribution in [2.24, 2.45) is 5.92 Å². The highest BCUT2D eigenvalue weighted by atomic mass is 14.9. The Morgan fingerprint density at radius 3 is 2.83 bits per heavy atom. The summed E-state index contributed by atoms with van der Waals surface area (Å²) in [6.45, 7) is 5.00.